The number of aromatic nitrogens is 5. The van der Waals surface area contributed by atoms with E-state index in [2.05, 4.69) is 15.2 Å². The van der Waals surface area contributed by atoms with Crippen molar-refractivity contribution >= 4 is 11.0 Å². The van der Waals surface area contributed by atoms with Crippen LogP contribution in [0, 0.1) is 0 Å². The van der Waals surface area contributed by atoms with Crippen molar-refractivity contribution in [2.75, 3.05) is 0 Å². The van der Waals surface area contributed by atoms with Crippen LogP contribution in [0.3, 0.4) is 0 Å². The number of alkyl halides is 2. The van der Waals surface area contributed by atoms with Gasteiger partial charge in [0.1, 0.15) is 5.52 Å². The van der Waals surface area contributed by atoms with E-state index in [0.717, 1.165) is 16.6 Å². The van der Waals surface area contributed by atoms with E-state index in [-0.39, 0.29) is 0 Å². The second-order valence-corrected chi connectivity index (χ2v) is 3.88. The lowest BCUT2D eigenvalue weighted by Crippen LogP contribution is -1.96. The Balaban J connectivity index is 2.09. The van der Waals surface area contributed by atoms with Crippen molar-refractivity contribution in [3.63, 3.8) is 0 Å². The normalized spacial score (nSPS) is 11.6. The Kier molecular flexibility index (Phi) is 2.32. The topological polar surface area (TPSA) is 48.5 Å². The van der Waals surface area contributed by atoms with Gasteiger partial charge in [0.05, 0.1) is 17.9 Å². The fourth-order valence-electron chi connectivity index (χ4n) is 1.78. The minimum atomic E-state index is -2.63. The van der Waals surface area contributed by atoms with Gasteiger partial charge < -0.3 is 0 Å². The van der Waals surface area contributed by atoms with Gasteiger partial charge >= 0.3 is 6.55 Å². The lowest BCUT2D eigenvalue weighted by molar-refractivity contribution is 0.0566. The second-order valence-electron chi connectivity index (χ2n) is 3.88. The molecule has 0 aliphatic rings. The number of hydrogen-bond acceptors (Lipinski definition) is 3. The van der Waals surface area contributed by atoms with Gasteiger partial charge in [-0.1, -0.05) is 0 Å². The third-order valence-electron chi connectivity index (χ3n) is 2.73. The fraction of sp³-hybridized carbons (Fsp3) is 0.182. The van der Waals surface area contributed by atoms with Crippen LogP contribution < -0.4 is 0 Å². The summed E-state index contributed by atoms with van der Waals surface area (Å²) in [5.74, 6) is 0. The van der Waals surface area contributed by atoms with E-state index in [1.54, 1.807) is 24.1 Å². The average molecular weight is 249 g/mol. The van der Waals surface area contributed by atoms with Crippen LogP contribution in [0.5, 0.6) is 0 Å². The number of pyridine rings is 1. The van der Waals surface area contributed by atoms with Gasteiger partial charge in [0, 0.05) is 30.6 Å². The van der Waals surface area contributed by atoms with Gasteiger partial charge in [-0.2, -0.15) is 19.0 Å². The highest BCUT2D eigenvalue weighted by molar-refractivity contribution is 5.79. The maximum atomic E-state index is 12.4. The Morgan fingerprint density at radius 3 is 2.67 bits per heavy atom. The molecule has 92 valence electrons. The molecule has 0 saturated carbocycles. The van der Waals surface area contributed by atoms with Crippen LogP contribution in [0.25, 0.3) is 22.2 Å². The first kappa shape index (κ1) is 10.8. The molecule has 0 atom stereocenters. The Labute approximate surface area is 101 Å². The number of hydrogen-bond donors (Lipinski definition) is 0. The highest BCUT2D eigenvalue weighted by atomic mass is 19.3. The lowest BCUT2D eigenvalue weighted by Gasteiger charge is -1.99. The molecule has 3 aromatic rings. The molecule has 3 aromatic heterocycles. The first-order chi connectivity index (χ1) is 8.65. The summed E-state index contributed by atoms with van der Waals surface area (Å²) in [4.78, 5) is 4.22. The maximum absolute atomic E-state index is 12.4. The fourth-order valence-corrected chi connectivity index (χ4v) is 1.78. The van der Waals surface area contributed by atoms with Crippen LogP contribution in [-0.4, -0.2) is 24.5 Å². The quantitative estimate of drug-likeness (QED) is 0.699. The third-order valence-corrected chi connectivity index (χ3v) is 2.73. The van der Waals surface area contributed by atoms with Crippen molar-refractivity contribution in [1.82, 2.24) is 24.5 Å². The van der Waals surface area contributed by atoms with Gasteiger partial charge in [0.15, 0.2) is 0 Å². The van der Waals surface area contributed by atoms with Crippen LogP contribution >= 0.6 is 0 Å². The van der Waals surface area contributed by atoms with E-state index in [1.807, 2.05) is 6.07 Å². The van der Waals surface area contributed by atoms with Crippen molar-refractivity contribution in [2.45, 2.75) is 6.55 Å². The number of nitrogens with zero attached hydrogens (tertiary/aromatic N) is 5. The highest BCUT2D eigenvalue weighted by Crippen LogP contribution is 2.23. The molecule has 0 radical (unpaired) electrons. The number of halogens is 2. The van der Waals surface area contributed by atoms with Gasteiger partial charge in [0.2, 0.25) is 0 Å². The van der Waals surface area contributed by atoms with Crippen molar-refractivity contribution in [3.8, 4) is 11.1 Å². The molecule has 0 fully saturated rings. The summed E-state index contributed by atoms with van der Waals surface area (Å²) in [6.07, 6.45) is 5.97. The van der Waals surface area contributed by atoms with Crippen LogP contribution in [-0.2, 0) is 7.05 Å². The smallest absolute Gasteiger partial charge is 0.266 e. The molecule has 5 nitrogen and oxygen atoms in total. The molecule has 18 heavy (non-hydrogen) atoms. The Morgan fingerprint density at radius 1 is 1.11 bits per heavy atom. The second kappa shape index (κ2) is 3.86. The summed E-state index contributed by atoms with van der Waals surface area (Å²) >= 11 is 0. The van der Waals surface area contributed by atoms with E-state index < -0.39 is 6.55 Å². The zero-order valence-electron chi connectivity index (χ0n) is 9.46. The first-order valence-electron chi connectivity index (χ1n) is 5.25. The van der Waals surface area contributed by atoms with Gasteiger partial charge in [-0.3, -0.25) is 9.67 Å². The van der Waals surface area contributed by atoms with Gasteiger partial charge in [-0.15, -0.1) is 0 Å². The maximum Gasteiger partial charge on any atom is 0.333 e. The van der Waals surface area contributed by atoms with Crippen LogP contribution in [0.15, 0.2) is 30.9 Å². The minimum absolute atomic E-state index is 0.603. The van der Waals surface area contributed by atoms with E-state index in [4.69, 9.17) is 0 Å². The SMILES string of the molecule is Cn1ncc2ncc(-c3cnn(C(F)F)c3)cc21. The molecule has 0 saturated heterocycles. The minimum Gasteiger partial charge on any atom is -0.266 e. The van der Waals surface area contributed by atoms with E-state index in [0.29, 0.717) is 10.2 Å². The molecule has 0 N–H and O–H groups in total. The molecule has 3 rings (SSSR count). The van der Waals surface area contributed by atoms with Crippen molar-refractivity contribution in [2.24, 2.45) is 7.05 Å². The molecule has 0 aliphatic carbocycles. The Hall–Kier alpha value is -2.31. The van der Waals surface area contributed by atoms with E-state index in [9.17, 15) is 8.78 Å². The molecular formula is C11H9F2N5. The summed E-state index contributed by atoms with van der Waals surface area (Å²) < 4.78 is 27.2. The van der Waals surface area contributed by atoms with Gasteiger partial charge in [-0.25, -0.2) is 4.68 Å². The van der Waals surface area contributed by atoms with E-state index in [1.165, 1.54) is 12.4 Å². The standard InChI is InChI=1S/C11H9F2N5/c1-17-10-2-7(3-14-9(10)5-15-17)8-4-16-18(6-8)11(12)13/h2-6,11H,1H3. The van der Waals surface area contributed by atoms with Crippen molar-refractivity contribution in [1.29, 1.82) is 0 Å². The molecule has 0 aliphatic heterocycles. The van der Waals surface area contributed by atoms with Crippen LogP contribution in [0.1, 0.15) is 6.55 Å². The number of aryl methyl sites for hydroxylation is 1. The number of fused-ring (bicyclic) bond motifs is 1. The molecule has 3 heterocycles. The Bertz CT molecular complexity index is 700. The molecule has 0 spiro atoms. The number of rotatable bonds is 2. The van der Waals surface area contributed by atoms with Gasteiger partial charge in [0.25, 0.3) is 0 Å². The zero-order valence-corrected chi connectivity index (χ0v) is 9.46. The highest BCUT2D eigenvalue weighted by Gasteiger charge is 2.10. The summed E-state index contributed by atoms with van der Waals surface area (Å²) in [7, 11) is 1.80. The average Bonchev–Trinajstić information content (AvgIpc) is 2.96. The van der Waals surface area contributed by atoms with Crippen LogP contribution in [0.2, 0.25) is 0 Å². The summed E-state index contributed by atoms with van der Waals surface area (Å²) in [6.45, 7) is -2.63. The monoisotopic (exact) mass is 249 g/mol. The summed E-state index contributed by atoms with van der Waals surface area (Å²) in [5, 5.41) is 7.68. The molecular weight excluding hydrogens is 240 g/mol. The van der Waals surface area contributed by atoms with Gasteiger partial charge in [-0.05, 0) is 6.07 Å². The first-order valence-corrected chi connectivity index (χ1v) is 5.25. The van der Waals surface area contributed by atoms with Crippen LogP contribution in [0.4, 0.5) is 8.78 Å². The predicted octanol–water partition coefficient (Wildman–Crippen LogP) is 2.23. The van der Waals surface area contributed by atoms with Crippen molar-refractivity contribution < 1.29 is 8.78 Å². The molecule has 0 amide bonds. The predicted molar refractivity (Wildman–Crippen MR) is 61.0 cm³/mol. The largest absolute Gasteiger partial charge is 0.333 e. The Morgan fingerprint density at radius 2 is 1.94 bits per heavy atom. The summed E-state index contributed by atoms with van der Waals surface area (Å²) in [6, 6.07) is 1.85. The molecule has 0 aromatic carbocycles. The molecule has 7 heteroatoms. The lowest BCUT2D eigenvalue weighted by atomic mass is 10.1. The summed E-state index contributed by atoms with van der Waals surface area (Å²) in [5.41, 5.74) is 2.95. The third kappa shape index (κ3) is 1.64. The molecule has 0 unspecified atom stereocenters. The molecule has 0 bridgehead atoms. The van der Waals surface area contributed by atoms with E-state index >= 15 is 0 Å². The zero-order chi connectivity index (χ0) is 12.7. The van der Waals surface area contributed by atoms with Crippen molar-refractivity contribution in [3.05, 3.63) is 30.9 Å².